The Bertz CT molecular complexity index is 539. The molecule has 8 heteroatoms. The molecule has 0 saturated carbocycles. The largest absolute Gasteiger partial charge is 0.480 e. The molecule has 0 aliphatic rings. The van der Waals surface area contributed by atoms with Gasteiger partial charge in [0.1, 0.15) is 12.4 Å². The molecule has 0 aliphatic carbocycles. The lowest BCUT2D eigenvalue weighted by Gasteiger charge is -2.21. The van der Waals surface area contributed by atoms with Crippen molar-refractivity contribution in [2.24, 2.45) is 0 Å². The van der Waals surface area contributed by atoms with Gasteiger partial charge in [0.05, 0.1) is 11.1 Å². The van der Waals surface area contributed by atoms with Crippen LogP contribution in [0.2, 0.25) is 0 Å². The number of carboxylic acid groups (broad SMARTS) is 1. The summed E-state index contributed by atoms with van der Waals surface area (Å²) in [6.45, 7) is 1.56. The highest BCUT2D eigenvalue weighted by molar-refractivity contribution is 9.10. The number of nitrogens with one attached hydrogen (secondary N) is 1. The summed E-state index contributed by atoms with van der Waals surface area (Å²) in [5, 5.41) is 11.3. The van der Waals surface area contributed by atoms with Gasteiger partial charge >= 0.3 is 12.0 Å². The van der Waals surface area contributed by atoms with E-state index >= 15 is 0 Å². The minimum absolute atomic E-state index is 0.118. The fourth-order valence-electron chi connectivity index (χ4n) is 1.59. The van der Waals surface area contributed by atoms with Crippen LogP contribution in [0, 0.1) is 12.7 Å². The molecule has 0 aromatic heterocycles. The van der Waals surface area contributed by atoms with Gasteiger partial charge in [-0.3, -0.25) is 4.79 Å². The van der Waals surface area contributed by atoms with Crippen LogP contribution in [0.4, 0.5) is 14.9 Å². The first-order chi connectivity index (χ1) is 9.85. The molecule has 6 nitrogen and oxygen atoms in total. The number of methoxy groups -OCH3 is 1. The molecule has 1 rings (SSSR count). The second kappa shape index (κ2) is 7.94. The lowest BCUT2D eigenvalue weighted by Crippen LogP contribution is -2.40. The number of carbonyl (C=O) groups excluding carboxylic acids is 1. The number of carboxylic acids is 1. The molecule has 0 unspecified atom stereocenters. The van der Waals surface area contributed by atoms with Gasteiger partial charge in [0.2, 0.25) is 0 Å². The molecule has 0 heterocycles. The molecule has 2 amide bonds. The van der Waals surface area contributed by atoms with Gasteiger partial charge in [-0.2, -0.15) is 0 Å². The van der Waals surface area contributed by atoms with E-state index in [1.807, 2.05) is 0 Å². The molecule has 2 N–H and O–H groups in total. The van der Waals surface area contributed by atoms with Crippen LogP contribution in [-0.4, -0.2) is 48.8 Å². The number of amides is 2. The summed E-state index contributed by atoms with van der Waals surface area (Å²) in [6, 6.07) is 2.08. The fraction of sp³-hybridized carbons (Fsp3) is 0.385. The number of aryl methyl sites for hydroxylation is 1. The van der Waals surface area contributed by atoms with Crippen LogP contribution in [-0.2, 0) is 9.53 Å². The van der Waals surface area contributed by atoms with E-state index in [9.17, 15) is 14.0 Å². The molecule has 0 saturated heterocycles. The van der Waals surface area contributed by atoms with E-state index in [0.717, 1.165) is 4.90 Å². The molecule has 0 atom stereocenters. The van der Waals surface area contributed by atoms with Gasteiger partial charge in [0, 0.05) is 19.3 Å². The number of benzene rings is 1. The summed E-state index contributed by atoms with van der Waals surface area (Å²) < 4.78 is 18.6. The van der Waals surface area contributed by atoms with E-state index in [-0.39, 0.29) is 18.8 Å². The normalized spacial score (nSPS) is 10.3. The predicted molar refractivity (Wildman–Crippen MR) is 78.9 cm³/mol. The topological polar surface area (TPSA) is 78.9 Å². The Morgan fingerprint density at radius 1 is 1.48 bits per heavy atom. The maximum Gasteiger partial charge on any atom is 0.323 e. The van der Waals surface area contributed by atoms with Crippen molar-refractivity contribution >= 4 is 33.6 Å². The van der Waals surface area contributed by atoms with Crippen molar-refractivity contribution in [2.45, 2.75) is 6.92 Å². The minimum Gasteiger partial charge on any atom is -0.480 e. The summed E-state index contributed by atoms with van der Waals surface area (Å²) in [6.07, 6.45) is 0. The summed E-state index contributed by atoms with van der Waals surface area (Å²) >= 11 is 3.05. The van der Waals surface area contributed by atoms with E-state index in [1.165, 1.54) is 19.2 Å². The molecule has 116 valence electrons. The molecular weight excluding hydrogens is 347 g/mol. The summed E-state index contributed by atoms with van der Waals surface area (Å²) in [7, 11) is 1.45. The average Bonchev–Trinajstić information content (AvgIpc) is 2.40. The zero-order valence-electron chi connectivity index (χ0n) is 11.7. The first-order valence-electron chi connectivity index (χ1n) is 6.07. The maximum atomic E-state index is 13.5. The van der Waals surface area contributed by atoms with E-state index in [0.29, 0.717) is 10.0 Å². The van der Waals surface area contributed by atoms with Crippen LogP contribution >= 0.6 is 15.9 Å². The third kappa shape index (κ3) is 5.31. The number of carbonyl (C=O) groups is 2. The average molecular weight is 363 g/mol. The number of hydrogen-bond donors (Lipinski definition) is 2. The number of aliphatic carboxylic acids is 1. The van der Waals surface area contributed by atoms with Crippen LogP contribution < -0.4 is 5.32 Å². The Labute approximate surface area is 130 Å². The van der Waals surface area contributed by atoms with Crippen molar-refractivity contribution < 1.29 is 23.8 Å². The molecule has 1 aromatic rings. The Kier molecular flexibility index (Phi) is 6.57. The van der Waals surface area contributed by atoms with E-state index in [4.69, 9.17) is 9.84 Å². The second-order valence-electron chi connectivity index (χ2n) is 4.32. The zero-order valence-corrected chi connectivity index (χ0v) is 13.2. The predicted octanol–water partition coefficient (Wildman–Crippen LogP) is 2.46. The van der Waals surface area contributed by atoms with Crippen LogP contribution in [0.5, 0.6) is 0 Å². The molecule has 21 heavy (non-hydrogen) atoms. The van der Waals surface area contributed by atoms with Gasteiger partial charge in [-0.25, -0.2) is 9.18 Å². The fourth-order valence-corrected chi connectivity index (χ4v) is 2.05. The Hall–Kier alpha value is -1.67. The van der Waals surface area contributed by atoms with Gasteiger partial charge in [-0.05, 0) is 40.5 Å². The number of halogens is 2. The minimum atomic E-state index is -1.14. The van der Waals surface area contributed by atoms with Crippen LogP contribution in [0.25, 0.3) is 0 Å². The standard InChI is InChI=1S/C13H16BrFN2O4/c1-8-5-9(14)10(15)6-11(8)16-13(20)17(3-4-21-2)7-12(18)19/h5-6H,3-4,7H2,1-2H3,(H,16,20)(H,18,19). The van der Waals surface area contributed by atoms with Gasteiger partial charge in [-0.1, -0.05) is 0 Å². The first kappa shape index (κ1) is 17.4. The number of rotatable bonds is 6. The van der Waals surface area contributed by atoms with Crippen LogP contribution in [0.1, 0.15) is 5.56 Å². The molecule has 0 aliphatic heterocycles. The smallest absolute Gasteiger partial charge is 0.323 e. The van der Waals surface area contributed by atoms with Crippen molar-refractivity contribution in [1.29, 1.82) is 0 Å². The van der Waals surface area contributed by atoms with Gasteiger partial charge in [0.25, 0.3) is 0 Å². The maximum absolute atomic E-state index is 13.5. The van der Waals surface area contributed by atoms with Crippen LogP contribution in [0.3, 0.4) is 0 Å². The summed E-state index contributed by atoms with van der Waals surface area (Å²) in [5.41, 5.74) is 0.937. The Morgan fingerprint density at radius 2 is 2.14 bits per heavy atom. The number of nitrogens with zero attached hydrogens (tertiary/aromatic N) is 1. The highest BCUT2D eigenvalue weighted by Gasteiger charge is 2.18. The lowest BCUT2D eigenvalue weighted by molar-refractivity contribution is -0.137. The number of urea groups is 1. The molecule has 0 fully saturated rings. The molecule has 0 spiro atoms. The van der Waals surface area contributed by atoms with E-state index in [2.05, 4.69) is 21.2 Å². The number of anilines is 1. The zero-order chi connectivity index (χ0) is 16.0. The van der Waals surface area contributed by atoms with Crippen molar-refractivity contribution in [1.82, 2.24) is 4.90 Å². The monoisotopic (exact) mass is 362 g/mol. The third-order valence-corrected chi connectivity index (χ3v) is 3.30. The molecular formula is C13H16BrFN2O4. The summed E-state index contributed by atoms with van der Waals surface area (Å²) in [4.78, 5) is 23.9. The molecule has 0 bridgehead atoms. The lowest BCUT2D eigenvalue weighted by atomic mass is 10.2. The molecule has 1 aromatic carbocycles. The summed E-state index contributed by atoms with van der Waals surface area (Å²) in [5.74, 6) is -1.66. The second-order valence-corrected chi connectivity index (χ2v) is 5.17. The Morgan fingerprint density at radius 3 is 2.71 bits per heavy atom. The van der Waals surface area contributed by atoms with E-state index < -0.39 is 24.4 Å². The van der Waals surface area contributed by atoms with E-state index in [1.54, 1.807) is 6.92 Å². The van der Waals surface area contributed by atoms with Gasteiger partial charge < -0.3 is 20.1 Å². The van der Waals surface area contributed by atoms with Gasteiger partial charge in [-0.15, -0.1) is 0 Å². The molecule has 0 radical (unpaired) electrons. The van der Waals surface area contributed by atoms with Crippen molar-refractivity contribution in [3.8, 4) is 0 Å². The SMILES string of the molecule is COCCN(CC(=O)O)C(=O)Nc1cc(F)c(Br)cc1C. The highest BCUT2D eigenvalue weighted by Crippen LogP contribution is 2.24. The van der Waals surface area contributed by atoms with Gasteiger partial charge in [0.15, 0.2) is 0 Å². The quantitative estimate of drug-likeness (QED) is 0.814. The highest BCUT2D eigenvalue weighted by atomic mass is 79.9. The van der Waals surface area contributed by atoms with Crippen LogP contribution in [0.15, 0.2) is 16.6 Å². The van der Waals surface area contributed by atoms with Crippen molar-refractivity contribution in [3.63, 3.8) is 0 Å². The third-order valence-electron chi connectivity index (χ3n) is 2.69. The first-order valence-corrected chi connectivity index (χ1v) is 6.86. The number of hydrogen-bond acceptors (Lipinski definition) is 3. The van der Waals surface area contributed by atoms with Crippen molar-refractivity contribution in [3.05, 3.63) is 28.0 Å². The Balaban J connectivity index is 2.85. The van der Waals surface area contributed by atoms with Crippen molar-refractivity contribution in [2.75, 3.05) is 32.1 Å². The number of ether oxygens (including phenoxy) is 1.